The molecule has 0 saturated carbocycles. The van der Waals surface area contributed by atoms with Gasteiger partial charge in [-0.05, 0) is 40.4 Å². The summed E-state index contributed by atoms with van der Waals surface area (Å²) in [7, 11) is -3.91. The van der Waals surface area contributed by atoms with Crippen LogP contribution < -0.4 is 10.5 Å². The Hall–Kier alpha value is -0.500. The summed E-state index contributed by atoms with van der Waals surface area (Å²) in [5.74, 6) is -0.501. The molecule has 0 fully saturated rings. The number of halogens is 2. The van der Waals surface area contributed by atoms with Crippen molar-refractivity contribution in [2.45, 2.75) is 31.2 Å². The Morgan fingerprint density at radius 3 is 2.58 bits per heavy atom. The summed E-state index contributed by atoms with van der Waals surface area (Å²) in [6.45, 7) is 4.11. The van der Waals surface area contributed by atoms with Crippen molar-refractivity contribution in [2.75, 3.05) is 6.54 Å². The molecule has 1 unspecified atom stereocenters. The zero-order valence-corrected chi connectivity index (χ0v) is 13.3. The second-order valence-corrected chi connectivity index (χ2v) is 7.27. The third-order valence-electron chi connectivity index (χ3n) is 2.57. The molecule has 1 aromatic rings. The van der Waals surface area contributed by atoms with Gasteiger partial charge in [-0.1, -0.05) is 19.9 Å². The predicted octanol–water partition coefficient (Wildman–Crippen LogP) is 2.24. The van der Waals surface area contributed by atoms with Gasteiger partial charge in [-0.15, -0.1) is 0 Å². The molecule has 0 heterocycles. The minimum Gasteiger partial charge on any atom is -0.329 e. The average molecular weight is 353 g/mol. The summed E-state index contributed by atoms with van der Waals surface area (Å²) in [4.78, 5) is -0.371. The zero-order chi connectivity index (χ0) is 14.6. The number of rotatable bonds is 6. The second kappa shape index (κ2) is 6.78. The molecule has 7 heteroatoms. The van der Waals surface area contributed by atoms with Gasteiger partial charge in [-0.2, -0.15) is 0 Å². The van der Waals surface area contributed by atoms with Gasteiger partial charge in [-0.3, -0.25) is 0 Å². The van der Waals surface area contributed by atoms with E-state index < -0.39 is 21.9 Å². The minimum atomic E-state index is -3.91. The summed E-state index contributed by atoms with van der Waals surface area (Å²) in [6.07, 6.45) is 0.603. The van der Waals surface area contributed by atoms with Crippen molar-refractivity contribution in [3.8, 4) is 0 Å². The summed E-state index contributed by atoms with van der Waals surface area (Å²) >= 11 is 2.97. The normalized spacial score (nSPS) is 13.8. The standard InChI is InChI=1S/C12H18BrFN2O2S/c1-8(2)6-9(7-15)16-19(17,18)11-5-3-4-10(13)12(11)14/h3-5,8-9,16H,6-7,15H2,1-2H3. The summed E-state index contributed by atoms with van der Waals surface area (Å²) in [5.41, 5.74) is 5.54. The van der Waals surface area contributed by atoms with Crippen LogP contribution in [-0.2, 0) is 10.0 Å². The van der Waals surface area contributed by atoms with Gasteiger partial charge in [0.2, 0.25) is 10.0 Å². The smallest absolute Gasteiger partial charge is 0.243 e. The maximum Gasteiger partial charge on any atom is 0.243 e. The topological polar surface area (TPSA) is 72.2 Å². The van der Waals surface area contributed by atoms with Gasteiger partial charge in [0.15, 0.2) is 5.82 Å². The monoisotopic (exact) mass is 352 g/mol. The van der Waals surface area contributed by atoms with Crippen LogP contribution in [0.15, 0.2) is 27.6 Å². The molecule has 0 aliphatic rings. The van der Waals surface area contributed by atoms with Gasteiger partial charge in [0.25, 0.3) is 0 Å². The molecule has 1 rings (SSSR count). The van der Waals surface area contributed by atoms with Crippen LogP contribution in [0, 0.1) is 11.7 Å². The molecule has 0 saturated heterocycles. The molecule has 0 aliphatic carbocycles. The van der Waals surface area contributed by atoms with Gasteiger partial charge < -0.3 is 5.73 Å². The number of hydrogen-bond acceptors (Lipinski definition) is 3. The molecule has 1 aromatic carbocycles. The molecule has 0 spiro atoms. The Labute approximate surface area is 121 Å². The van der Waals surface area contributed by atoms with E-state index in [9.17, 15) is 12.8 Å². The highest BCUT2D eigenvalue weighted by molar-refractivity contribution is 9.10. The maximum absolute atomic E-state index is 13.8. The Morgan fingerprint density at radius 1 is 1.42 bits per heavy atom. The number of nitrogens with one attached hydrogen (secondary N) is 1. The van der Waals surface area contributed by atoms with Crippen LogP contribution in [0.4, 0.5) is 4.39 Å². The molecule has 0 bridgehead atoms. The largest absolute Gasteiger partial charge is 0.329 e. The van der Waals surface area contributed by atoms with Crippen molar-refractivity contribution in [3.63, 3.8) is 0 Å². The Balaban J connectivity index is 3.01. The van der Waals surface area contributed by atoms with E-state index in [1.54, 1.807) is 0 Å². The molecular formula is C12H18BrFN2O2S. The van der Waals surface area contributed by atoms with E-state index in [0.29, 0.717) is 12.3 Å². The van der Waals surface area contributed by atoms with Gasteiger partial charge in [0.1, 0.15) is 4.90 Å². The number of nitrogens with two attached hydrogens (primary N) is 1. The lowest BCUT2D eigenvalue weighted by molar-refractivity contribution is 0.463. The van der Waals surface area contributed by atoms with Crippen molar-refractivity contribution >= 4 is 26.0 Å². The second-order valence-electron chi connectivity index (χ2n) is 4.74. The molecule has 19 heavy (non-hydrogen) atoms. The Morgan fingerprint density at radius 2 is 2.05 bits per heavy atom. The lowest BCUT2D eigenvalue weighted by atomic mass is 10.1. The number of hydrogen-bond donors (Lipinski definition) is 2. The van der Waals surface area contributed by atoms with E-state index in [-0.39, 0.29) is 15.9 Å². The first-order chi connectivity index (χ1) is 8.77. The Bertz CT molecular complexity index is 535. The molecule has 1 atom stereocenters. The SMILES string of the molecule is CC(C)CC(CN)NS(=O)(=O)c1cccc(Br)c1F. The van der Waals surface area contributed by atoms with E-state index in [4.69, 9.17) is 5.73 Å². The lowest BCUT2D eigenvalue weighted by Crippen LogP contribution is -2.41. The highest BCUT2D eigenvalue weighted by Gasteiger charge is 2.24. The third kappa shape index (κ3) is 4.52. The molecular weight excluding hydrogens is 335 g/mol. The van der Waals surface area contributed by atoms with Gasteiger partial charge >= 0.3 is 0 Å². The quantitative estimate of drug-likeness (QED) is 0.824. The minimum absolute atomic E-state index is 0.114. The fraction of sp³-hybridized carbons (Fsp3) is 0.500. The maximum atomic E-state index is 13.8. The molecule has 4 nitrogen and oxygen atoms in total. The molecule has 0 aliphatic heterocycles. The van der Waals surface area contributed by atoms with E-state index >= 15 is 0 Å². The van der Waals surface area contributed by atoms with Crippen LogP contribution in [0.5, 0.6) is 0 Å². The van der Waals surface area contributed by atoms with Crippen LogP contribution in [0.3, 0.4) is 0 Å². The molecule has 3 N–H and O–H groups in total. The molecule has 0 radical (unpaired) electrons. The van der Waals surface area contributed by atoms with E-state index in [2.05, 4.69) is 20.7 Å². The number of benzene rings is 1. The lowest BCUT2D eigenvalue weighted by Gasteiger charge is -2.19. The fourth-order valence-corrected chi connectivity index (χ4v) is 3.60. The van der Waals surface area contributed by atoms with Gasteiger partial charge in [-0.25, -0.2) is 17.5 Å². The Kier molecular flexibility index (Phi) is 5.91. The fourth-order valence-electron chi connectivity index (χ4n) is 1.74. The van der Waals surface area contributed by atoms with Crippen LogP contribution in [0.25, 0.3) is 0 Å². The van der Waals surface area contributed by atoms with Crippen molar-refractivity contribution in [3.05, 3.63) is 28.5 Å². The summed E-state index contributed by atoms with van der Waals surface area (Å²) in [6, 6.07) is 3.75. The molecule has 0 amide bonds. The van der Waals surface area contributed by atoms with Gasteiger partial charge in [0.05, 0.1) is 4.47 Å². The van der Waals surface area contributed by atoms with Crippen LogP contribution in [0.1, 0.15) is 20.3 Å². The molecule has 108 valence electrons. The first-order valence-corrected chi connectivity index (χ1v) is 8.22. The van der Waals surface area contributed by atoms with Crippen molar-refractivity contribution < 1.29 is 12.8 Å². The van der Waals surface area contributed by atoms with Crippen LogP contribution in [-0.4, -0.2) is 21.0 Å². The molecule has 0 aromatic heterocycles. The third-order valence-corrected chi connectivity index (χ3v) is 4.72. The van der Waals surface area contributed by atoms with E-state index in [1.807, 2.05) is 13.8 Å². The van der Waals surface area contributed by atoms with E-state index in [1.165, 1.54) is 18.2 Å². The summed E-state index contributed by atoms with van der Waals surface area (Å²) in [5, 5.41) is 0. The van der Waals surface area contributed by atoms with Crippen molar-refractivity contribution in [1.29, 1.82) is 0 Å². The average Bonchev–Trinajstić information content (AvgIpc) is 2.30. The number of sulfonamides is 1. The van der Waals surface area contributed by atoms with Crippen molar-refractivity contribution in [2.24, 2.45) is 11.7 Å². The van der Waals surface area contributed by atoms with Crippen molar-refractivity contribution in [1.82, 2.24) is 4.72 Å². The van der Waals surface area contributed by atoms with Gasteiger partial charge in [0, 0.05) is 12.6 Å². The highest BCUT2D eigenvalue weighted by atomic mass is 79.9. The predicted molar refractivity (Wildman–Crippen MR) is 76.7 cm³/mol. The van der Waals surface area contributed by atoms with Crippen LogP contribution >= 0.6 is 15.9 Å². The van der Waals surface area contributed by atoms with Crippen LogP contribution in [0.2, 0.25) is 0 Å². The van der Waals surface area contributed by atoms with E-state index in [0.717, 1.165) is 0 Å². The first-order valence-electron chi connectivity index (χ1n) is 5.94. The first kappa shape index (κ1) is 16.6. The summed E-state index contributed by atoms with van der Waals surface area (Å²) < 4.78 is 40.6. The zero-order valence-electron chi connectivity index (χ0n) is 10.9. The highest BCUT2D eigenvalue weighted by Crippen LogP contribution is 2.22.